The van der Waals surface area contributed by atoms with Gasteiger partial charge in [-0.2, -0.15) is 0 Å². The van der Waals surface area contributed by atoms with Crippen LogP contribution in [-0.2, 0) is 0 Å². The number of aryl methyl sites for hydroxylation is 2. The molecule has 1 heterocycles. The van der Waals surface area contributed by atoms with Crippen molar-refractivity contribution in [1.29, 1.82) is 0 Å². The molecule has 2 rings (SSSR count). The van der Waals surface area contributed by atoms with Crippen LogP contribution in [0, 0.1) is 19.7 Å². The Morgan fingerprint density at radius 2 is 1.86 bits per heavy atom. The van der Waals surface area contributed by atoms with Crippen LogP contribution in [0.15, 0.2) is 30.3 Å². The number of pyridine rings is 1. The third-order valence-electron chi connectivity index (χ3n) is 2.95. The molecule has 6 heteroatoms. The molecule has 1 aromatic heterocycles. The molecule has 2 N–H and O–H groups in total. The molecule has 0 radical (unpaired) electrons. The number of hydrogen-bond donors (Lipinski definition) is 2. The van der Waals surface area contributed by atoms with Crippen molar-refractivity contribution in [2.45, 2.75) is 13.8 Å². The molecule has 0 aliphatic carbocycles. The van der Waals surface area contributed by atoms with Gasteiger partial charge in [0, 0.05) is 5.69 Å². The summed E-state index contributed by atoms with van der Waals surface area (Å²) in [5.74, 6) is -2.72. The lowest BCUT2D eigenvalue weighted by Gasteiger charge is -2.11. The van der Waals surface area contributed by atoms with E-state index in [2.05, 4.69) is 10.3 Å². The summed E-state index contributed by atoms with van der Waals surface area (Å²) in [4.78, 5) is 27.4. The van der Waals surface area contributed by atoms with Crippen molar-refractivity contribution in [2.24, 2.45) is 0 Å². The molecule has 0 aliphatic rings. The standard InChI is InChI=1S/C15H13FN2O3/c1-8-6-7-10(9(2)17-8)14(19)18-13-11(15(20)21)4-3-5-12(13)16/h3-7H,1-2H3,(H,18,19)(H,20,21). The Bertz CT molecular complexity index is 729. The summed E-state index contributed by atoms with van der Waals surface area (Å²) in [5, 5.41) is 11.3. The predicted molar refractivity (Wildman–Crippen MR) is 75.0 cm³/mol. The number of nitrogens with one attached hydrogen (secondary N) is 1. The van der Waals surface area contributed by atoms with E-state index in [1.54, 1.807) is 26.0 Å². The summed E-state index contributed by atoms with van der Waals surface area (Å²) in [6, 6.07) is 6.80. The molecule has 0 atom stereocenters. The molecule has 0 unspecified atom stereocenters. The van der Waals surface area contributed by atoms with Gasteiger partial charge in [0.1, 0.15) is 5.82 Å². The highest BCUT2D eigenvalue weighted by Gasteiger charge is 2.18. The lowest BCUT2D eigenvalue weighted by Crippen LogP contribution is -2.17. The Balaban J connectivity index is 2.38. The number of benzene rings is 1. The molecule has 0 saturated heterocycles. The van der Waals surface area contributed by atoms with E-state index in [0.717, 1.165) is 11.8 Å². The summed E-state index contributed by atoms with van der Waals surface area (Å²) >= 11 is 0. The molecule has 1 amide bonds. The van der Waals surface area contributed by atoms with Crippen LogP contribution in [0.5, 0.6) is 0 Å². The van der Waals surface area contributed by atoms with Crippen molar-refractivity contribution in [2.75, 3.05) is 5.32 Å². The van der Waals surface area contributed by atoms with Gasteiger partial charge >= 0.3 is 5.97 Å². The van der Waals surface area contributed by atoms with Gasteiger partial charge in [0.15, 0.2) is 0 Å². The van der Waals surface area contributed by atoms with Crippen molar-refractivity contribution < 1.29 is 19.1 Å². The summed E-state index contributed by atoms with van der Waals surface area (Å²) in [6.07, 6.45) is 0. The van der Waals surface area contributed by atoms with Gasteiger partial charge < -0.3 is 10.4 Å². The van der Waals surface area contributed by atoms with Gasteiger partial charge in [-0.1, -0.05) is 6.07 Å². The number of carbonyl (C=O) groups excluding carboxylic acids is 1. The number of amides is 1. The average molecular weight is 288 g/mol. The summed E-state index contributed by atoms with van der Waals surface area (Å²) in [6.45, 7) is 3.44. The van der Waals surface area contributed by atoms with Gasteiger partial charge in [0.2, 0.25) is 0 Å². The van der Waals surface area contributed by atoms with Crippen LogP contribution in [0.3, 0.4) is 0 Å². The first kappa shape index (κ1) is 14.6. The van der Waals surface area contributed by atoms with Gasteiger partial charge in [-0.3, -0.25) is 9.78 Å². The summed E-state index contributed by atoms with van der Waals surface area (Å²) < 4.78 is 13.8. The molecule has 0 fully saturated rings. The third kappa shape index (κ3) is 3.05. The maximum absolute atomic E-state index is 13.8. The second-order valence-corrected chi connectivity index (χ2v) is 4.51. The maximum Gasteiger partial charge on any atom is 0.337 e. The van der Waals surface area contributed by atoms with Gasteiger partial charge in [0.25, 0.3) is 5.91 Å². The minimum Gasteiger partial charge on any atom is -0.478 e. The predicted octanol–water partition coefficient (Wildman–Crippen LogP) is 2.79. The number of para-hydroxylation sites is 1. The number of rotatable bonds is 3. The molecule has 21 heavy (non-hydrogen) atoms. The molecule has 2 aromatic rings. The van der Waals surface area contributed by atoms with Crippen molar-refractivity contribution in [3.63, 3.8) is 0 Å². The van der Waals surface area contributed by atoms with Gasteiger partial charge in [0.05, 0.1) is 22.5 Å². The van der Waals surface area contributed by atoms with Crippen LogP contribution in [0.2, 0.25) is 0 Å². The number of carboxylic acids is 1. The molecule has 0 spiro atoms. The second kappa shape index (κ2) is 5.70. The Morgan fingerprint density at radius 1 is 1.14 bits per heavy atom. The quantitative estimate of drug-likeness (QED) is 0.910. The smallest absolute Gasteiger partial charge is 0.337 e. The highest BCUT2D eigenvalue weighted by molar-refractivity contribution is 6.08. The van der Waals surface area contributed by atoms with Crippen LogP contribution in [0.25, 0.3) is 0 Å². The van der Waals surface area contributed by atoms with E-state index in [0.29, 0.717) is 5.69 Å². The van der Waals surface area contributed by atoms with Crippen molar-refractivity contribution in [1.82, 2.24) is 4.98 Å². The second-order valence-electron chi connectivity index (χ2n) is 4.51. The number of halogens is 1. The number of carboxylic acid groups (broad SMARTS) is 1. The number of hydrogen-bond acceptors (Lipinski definition) is 3. The third-order valence-corrected chi connectivity index (χ3v) is 2.95. The Hall–Kier alpha value is -2.76. The number of carbonyl (C=O) groups is 2. The fourth-order valence-corrected chi connectivity index (χ4v) is 1.94. The van der Waals surface area contributed by atoms with Crippen LogP contribution in [0.4, 0.5) is 10.1 Å². The largest absolute Gasteiger partial charge is 0.478 e. The molecule has 108 valence electrons. The van der Waals surface area contributed by atoms with E-state index in [-0.39, 0.29) is 16.8 Å². The highest BCUT2D eigenvalue weighted by atomic mass is 19.1. The number of aromatic carboxylic acids is 1. The molecule has 0 bridgehead atoms. The van der Waals surface area contributed by atoms with Gasteiger partial charge in [-0.25, -0.2) is 9.18 Å². The molecular weight excluding hydrogens is 275 g/mol. The van der Waals surface area contributed by atoms with Crippen LogP contribution in [0.1, 0.15) is 32.1 Å². The Labute approximate surface area is 120 Å². The minimum absolute atomic E-state index is 0.264. The van der Waals surface area contributed by atoms with Crippen LogP contribution < -0.4 is 5.32 Å². The molecule has 5 nitrogen and oxygen atoms in total. The first-order chi connectivity index (χ1) is 9.90. The first-order valence-corrected chi connectivity index (χ1v) is 6.17. The van der Waals surface area contributed by atoms with Crippen molar-refractivity contribution in [3.8, 4) is 0 Å². The zero-order valence-electron chi connectivity index (χ0n) is 11.5. The van der Waals surface area contributed by atoms with E-state index in [1.807, 2.05) is 0 Å². The van der Waals surface area contributed by atoms with E-state index in [4.69, 9.17) is 5.11 Å². The molecule has 1 aromatic carbocycles. The lowest BCUT2D eigenvalue weighted by atomic mass is 10.1. The zero-order chi connectivity index (χ0) is 15.6. The maximum atomic E-state index is 13.8. The SMILES string of the molecule is Cc1ccc(C(=O)Nc2c(F)cccc2C(=O)O)c(C)n1. The van der Waals surface area contributed by atoms with Gasteiger partial charge in [-0.05, 0) is 38.1 Å². The van der Waals surface area contributed by atoms with E-state index < -0.39 is 17.7 Å². The number of aromatic nitrogens is 1. The lowest BCUT2D eigenvalue weighted by molar-refractivity contribution is 0.0697. The number of nitrogens with zero attached hydrogens (tertiary/aromatic N) is 1. The van der Waals surface area contributed by atoms with Crippen LogP contribution in [-0.4, -0.2) is 22.0 Å². The van der Waals surface area contributed by atoms with Crippen molar-refractivity contribution in [3.05, 3.63) is 58.7 Å². The highest BCUT2D eigenvalue weighted by Crippen LogP contribution is 2.21. The van der Waals surface area contributed by atoms with E-state index in [9.17, 15) is 14.0 Å². The van der Waals surface area contributed by atoms with Crippen molar-refractivity contribution >= 4 is 17.6 Å². The molecule has 0 saturated carbocycles. The zero-order valence-corrected chi connectivity index (χ0v) is 11.5. The summed E-state index contributed by atoms with van der Waals surface area (Å²) in [5.41, 5.74) is 0.845. The first-order valence-electron chi connectivity index (χ1n) is 6.17. The Morgan fingerprint density at radius 3 is 2.48 bits per heavy atom. The van der Waals surface area contributed by atoms with Crippen LogP contribution >= 0.6 is 0 Å². The fourth-order valence-electron chi connectivity index (χ4n) is 1.94. The van der Waals surface area contributed by atoms with E-state index >= 15 is 0 Å². The monoisotopic (exact) mass is 288 g/mol. The van der Waals surface area contributed by atoms with Gasteiger partial charge in [-0.15, -0.1) is 0 Å². The molecule has 0 aliphatic heterocycles. The number of anilines is 1. The minimum atomic E-state index is -1.32. The topological polar surface area (TPSA) is 79.3 Å². The fraction of sp³-hybridized carbons (Fsp3) is 0.133. The van der Waals surface area contributed by atoms with E-state index in [1.165, 1.54) is 12.1 Å². The molecular formula is C15H13FN2O3. The normalized spacial score (nSPS) is 10.2. The average Bonchev–Trinajstić information content (AvgIpc) is 2.40. The summed E-state index contributed by atoms with van der Waals surface area (Å²) in [7, 11) is 0. The Kier molecular flexibility index (Phi) is 3.98.